The second kappa shape index (κ2) is 22.3. The predicted octanol–water partition coefficient (Wildman–Crippen LogP) is 6.51. The van der Waals surface area contributed by atoms with Crippen LogP contribution in [-0.4, -0.2) is 83.0 Å². The predicted molar refractivity (Wildman–Crippen MR) is 255 cm³/mol. The highest BCUT2D eigenvalue weighted by atomic mass is 35.5. The van der Waals surface area contributed by atoms with Crippen molar-refractivity contribution in [2.24, 2.45) is 0 Å². The summed E-state index contributed by atoms with van der Waals surface area (Å²) in [6.07, 6.45) is 9.19. The van der Waals surface area contributed by atoms with Crippen molar-refractivity contribution in [2.75, 3.05) is 26.7 Å². The molecule has 2 aliphatic heterocycles. The van der Waals surface area contributed by atoms with Gasteiger partial charge in [-0.2, -0.15) is 0 Å². The third-order valence-corrected chi connectivity index (χ3v) is 13.4. The van der Waals surface area contributed by atoms with Crippen LogP contribution in [0.3, 0.4) is 0 Å². The summed E-state index contributed by atoms with van der Waals surface area (Å²) in [5.74, 6) is -6.28. The monoisotopic (exact) mass is 1050 g/mol. The van der Waals surface area contributed by atoms with E-state index in [1.807, 2.05) is 4.72 Å². The first-order chi connectivity index (χ1) is 33.5. The van der Waals surface area contributed by atoms with Gasteiger partial charge in [0.1, 0.15) is 46.5 Å². The van der Waals surface area contributed by atoms with Crippen molar-refractivity contribution in [1.82, 2.24) is 30.9 Å². The Labute approximate surface area is 407 Å². The Bertz CT molecular complexity index is 3370. The third kappa shape index (κ3) is 12.8. The number of nitrogens with one attached hydrogen (secondary N) is 6. The Hall–Kier alpha value is -7.19. The van der Waals surface area contributed by atoms with Crippen LogP contribution in [0, 0.1) is 23.3 Å². The highest BCUT2D eigenvalue weighted by Gasteiger charge is 2.29. The quantitative estimate of drug-likeness (QED) is 0.0309. The van der Waals surface area contributed by atoms with Crippen LogP contribution in [-0.2, 0) is 45.7 Å². The molecule has 0 saturated heterocycles. The molecule has 2 unspecified atom stereocenters. The van der Waals surface area contributed by atoms with Gasteiger partial charge >= 0.3 is 0 Å². The highest BCUT2D eigenvalue weighted by molar-refractivity contribution is 7.92. The summed E-state index contributed by atoms with van der Waals surface area (Å²) in [6, 6.07) is 5.42. The Morgan fingerprint density at radius 1 is 0.704 bits per heavy atom. The molecule has 2 aliphatic rings. The Balaban J connectivity index is 0.000000202. The largest absolute Gasteiger partial charge is 0.413 e. The summed E-state index contributed by atoms with van der Waals surface area (Å²) in [6.45, 7) is 6.73. The molecule has 0 radical (unpaired) electrons. The molecule has 0 aliphatic carbocycles. The Kier molecular flexibility index (Phi) is 16.7. The SMILES string of the molecule is CC1=CC(C(=O)Cl)NO1.CCCS(=O)(=O)Nc1ccc(F)c(C(=O)c2c[nH]c3ncc(CC(=O)C4C=C(C)ON4)cc23)c1F.CCCS(=O)(=O)Nc1ccc(F)c(C(=O)c2c[nH]c3ncc(N)cc23)c1F. The van der Waals surface area contributed by atoms with Crippen molar-refractivity contribution in [3.8, 4) is 0 Å². The van der Waals surface area contributed by atoms with Crippen molar-refractivity contribution in [3.63, 3.8) is 0 Å². The molecule has 376 valence electrons. The van der Waals surface area contributed by atoms with Crippen molar-refractivity contribution in [3.05, 3.63) is 136 Å². The second-order valence-corrected chi connectivity index (χ2v) is 19.8. The number of sulfonamides is 2. The Morgan fingerprint density at radius 3 is 1.58 bits per heavy atom. The van der Waals surface area contributed by atoms with Gasteiger partial charge in [0.25, 0.3) is 0 Å². The molecule has 19 nitrogen and oxygen atoms in total. The average Bonchev–Trinajstić information content (AvgIpc) is 4.13. The number of hydroxylamine groups is 2. The molecule has 4 aromatic heterocycles. The first-order valence-corrected chi connectivity index (χ1v) is 24.9. The topological polar surface area (TPSA) is 287 Å². The van der Waals surface area contributed by atoms with Crippen LogP contribution in [0.5, 0.6) is 0 Å². The summed E-state index contributed by atoms with van der Waals surface area (Å²) in [5.41, 5.74) is 9.16. The first-order valence-electron chi connectivity index (χ1n) is 21.2. The van der Waals surface area contributed by atoms with E-state index in [9.17, 15) is 49.2 Å². The van der Waals surface area contributed by atoms with E-state index in [1.165, 1.54) is 30.9 Å². The highest BCUT2D eigenvalue weighted by Crippen LogP contribution is 2.30. The van der Waals surface area contributed by atoms with Gasteiger partial charge in [0, 0.05) is 46.9 Å². The van der Waals surface area contributed by atoms with E-state index in [1.54, 1.807) is 45.9 Å². The molecule has 6 aromatic rings. The maximum atomic E-state index is 15.1. The number of benzene rings is 2. The number of pyridine rings is 2. The fourth-order valence-corrected chi connectivity index (χ4v) is 9.33. The minimum atomic E-state index is -3.87. The van der Waals surface area contributed by atoms with Crippen LogP contribution in [0.4, 0.5) is 34.6 Å². The van der Waals surface area contributed by atoms with Gasteiger partial charge < -0.3 is 25.4 Å². The molecule has 71 heavy (non-hydrogen) atoms. The number of nitrogens with zero attached hydrogens (tertiary/aromatic N) is 2. The number of rotatable bonds is 16. The number of halogens is 5. The molecule has 8 rings (SSSR count). The second-order valence-electron chi connectivity index (χ2n) is 15.8. The molecular weight excluding hydrogens is 1000 g/mol. The van der Waals surface area contributed by atoms with E-state index < -0.39 is 94.7 Å². The summed E-state index contributed by atoms with van der Waals surface area (Å²) in [4.78, 5) is 72.3. The average molecular weight is 1050 g/mol. The molecular formula is C45H44ClF4N9O10S2. The van der Waals surface area contributed by atoms with Crippen LogP contribution in [0.25, 0.3) is 22.1 Å². The maximum Gasteiger partial charge on any atom is 0.246 e. The number of carbonyl (C=O) groups is 4. The van der Waals surface area contributed by atoms with E-state index in [2.05, 4.69) is 35.6 Å². The number of aromatic amines is 2. The normalized spacial score (nSPS) is 15.3. The fourth-order valence-electron chi connectivity index (χ4n) is 6.96. The minimum Gasteiger partial charge on any atom is -0.413 e. The summed E-state index contributed by atoms with van der Waals surface area (Å²) >= 11 is 5.12. The van der Waals surface area contributed by atoms with Gasteiger partial charge in [-0.05, 0) is 92.4 Å². The number of nitrogens with two attached hydrogens (primary N) is 1. The number of hydrogen-bond donors (Lipinski definition) is 7. The number of ketones is 3. The van der Waals surface area contributed by atoms with E-state index in [4.69, 9.17) is 27.0 Å². The van der Waals surface area contributed by atoms with Gasteiger partial charge in [-0.1, -0.05) is 13.8 Å². The van der Waals surface area contributed by atoms with Gasteiger partial charge in [-0.15, -0.1) is 11.0 Å². The van der Waals surface area contributed by atoms with Crippen molar-refractivity contribution < 1.29 is 63.3 Å². The van der Waals surface area contributed by atoms with Gasteiger partial charge in [0.2, 0.25) is 36.9 Å². The van der Waals surface area contributed by atoms with Crippen LogP contribution >= 0.6 is 11.6 Å². The van der Waals surface area contributed by atoms with Gasteiger partial charge in [-0.25, -0.2) is 44.4 Å². The third-order valence-electron chi connectivity index (χ3n) is 10.2. The van der Waals surface area contributed by atoms with E-state index in [0.29, 0.717) is 34.5 Å². The lowest BCUT2D eigenvalue weighted by Crippen LogP contribution is -2.31. The number of hydrogen-bond acceptors (Lipinski definition) is 15. The van der Waals surface area contributed by atoms with Crippen LogP contribution < -0.4 is 26.1 Å². The lowest BCUT2D eigenvalue weighted by molar-refractivity contribution is -0.121. The fraction of sp³-hybridized carbons (Fsp3) is 0.244. The summed E-state index contributed by atoms with van der Waals surface area (Å²) in [7, 11) is -7.68. The number of Topliss-reactive ketones (excluding diaryl/α,β-unsaturated/α-hetero) is 1. The number of fused-ring (bicyclic) bond motifs is 2. The van der Waals surface area contributed by atoms with Crippen LogP contribution in [0.15, 0.2) is 84.9 Å². The number of allylic oxidation sites excluding steroid dienone is 2. The van der Waals surface area contributed by atoms with E-state index in [-0.39, 0.29) is 58.0 Å². The lowest BCUT2D eigenvalue weighted by Gasteiger charge is -2.11. The van der Waals surface area contributed by atoms with Crippen molar-refractivity contribution in [2.45, 2.75) is 59.0 Å². The molecule has 26 heteroatoms. The van der Waals surface area contributed by atoms with Crippen molar-refractivity contribution >= 4 is 93.4 Å². The summed E-state index contributed by atoms with van der Waals surface area (Å²) < 4.78 is 111. The number of H-pyrrole nitrogens is 2. The Morgan fingerprint density at radius 2 is 1.15 bits per heavy atom. The first kappa shape index (κ1) is 53.2. The molecule has 0 spiro atoms. The van der Waals surface area contributed by atoms with Crippen LogP contribution in [0.1, 0.15) is 77.9 Å². The molecule has 0 bridgehead atoms. The number of aromatic nitrogens is 4. The molecule has 6 heterocycles. The molecule has 2 aromatic carbocycles. The number of nitrogen functional groups attached to an aromatic ring is 1. The molecule has 2 atom stereocenters. The molecule has 0 amide bonds. The van der Waals surface area contributed by atoms with E-state index in [0.717, 1.165) is 24.3 Å². The number of anilines is 3. The van der Waals surface area contributed by atoms with Crippen molar-refractivity contribution in [1.29, 1.82) is 0 Å². The van der Waals surface area contributed by atoms with Crippen LogP contribution in [0.2, 0.25) is 0 Å². The van der Waals surface area contributed by atoms with E-state index >= 15 is 4.39 Å². The maximum absolute atomic E-state index is 15.1. The smallest absolute Gasteiger partial charge is 0.246 e. The standard InChI is InChI=1S/C23H22F2N4O5S.C17H16F2N4O3S.C5H6ClNO2/c1-3-6-35(32,33)29-17-5-4-16(24)20(21(17)25)22(31)15-11-27-23-14(15)8-13(10-26-23)9-19(30)18-7-12(2)34-28-18;1-2-5-27(25,26)23-13-4-3-12(18)14(15(13)19)16(24)11-8-22-17-10(11)6-9(20)7-21-17;1-3-2-4(5(6)8)7-9-3/h4-5,7-8,10-11,18,28-29H,3,6,9H2,1-2H3,(H,26,27);3-4,6-8,23H,2,5,20H2,1H3,(H,21,22);2,4,7H,1H3. The lowest BCUT2D eigenvalue weighted by atomic mass is 9.99. The van der Waals surface area contributed by atoms with Gasteiger partial charge in [0.15, 0.2) is 17.4 Å². The molecule has 8 N–H and O–H groups in total. The molecule has 0 fully saturated rings. The van der Waals surface area contributed by atoms with Gasteiger partial charge in [0.05, 0.1) is 45.9 Å². The zero-order valence-electron chi connectivity index (χ0n) is 37.9. The summed E-state index contributed by atoms with van der Waals surface area (Å²) in [5, 5.41) is 0.112. The van der Waals surface area contributed by atoms with Gasteiger partial charge in [-0.3, -0.25) is 28.6 Å². The number of carbonyl (C=O) groups excluding carboxylic acids is 4. The zero-order valence-corrected chi connectivity index (χ0v) is 40.3. The minimum absolute atomic E-state index is 0.0238. The molecule has 0 saturated carbocycles. The zero-order chi connectivity index (χ0) is 51.9.